The molecule has 0 atom stereocenters. The maximum Gasteiger partial charge on any atom is 0.208 e. The van der Waals surface area contributed by atoms with Gasteiger partial charge in [-0.15, -0.1) is 0 Å². The summed E-state index contributed by atoms with van der Waals surface area (Å²) < 4.78 is 5.67. The molecule has 19 heavy (non-hydrogen) atoms. The van der Waals surface area contributed by atoms with Gasteiger partial charge in [0.25, 0.3) is 0 Å². The molecular formula is C14H16Cl2N2O. The van der Waals surface area contributed by atoms with Crippen molar-refractivity contribution in [1.82, 2.24) is 10.3 Å². The zero-order valence-electron chi connectivity index (χ0n) is 10.9. The fourth-order valence-corrected chi connectivity index (χ4v) is 2.29. The van der Waals surface area contributed by atoms with Crippen LogP contribution >= 0.6 is 23.2 Å². The molecule has 0 aliphatic rings. The number of nitrogens with one attached hydrogen (secondary N) is 1. The molecule has 0 spiro atoms. The van der Waals surface area contributed by atoms with Gasteiger partial charge >= 0.3 is 0 Å². The zero-order chi connectivity index (χ0) is 13.8. The minimum Gasteiger partial charge on any atom is -0.439 e. The molecule has 0 unspecified atom stereocenters. The average Bonchev–Trinajstić information content (AvgIpc) is 2.77. The Labute approximate surface area is 122 Å². The van der Waals surface area contributed by atoms with E-state index in [0.717, 1.165) is 6.54 Å². The van der Waals surface area contributed by atoms with E-state index in [-0.39, 0.29) is 0 Å². The Morgan fingerprint density at radius 1 is 1.26 bits per heavy atom. The molecule has 5 heteroatoms. The Morgan fingerprint density at radius 3 is 2.58 bits per heavy atom. The summed E-state index contributed by atoms with van der Waals surface area (Å²) in [4.78, 5) is 4.23. The monoisotopic (exact) mass is 298 g/mol. The van der Waals surface area contributed by atoms with Crippen LogP contribution in [0.1, 0.15) is 19.7 Å². The molecule has 1 aromatic carbocycles. The zero-order valence-corrected chi connectivity index (χ0v) is 12.4. The lowest BCUT2D eigenvalue weighted by molar-refractivity contribution is 0.459. The summed E-state index contributed by atoms with van der Waals surface area (Å²) >= 11 is 12.3. The second-order valence-electron chi connectivity index (χ2n) is 4.74. The highest BCUT2D eigenvalue weighted by Crippen LogP contribution is 2.34. The summed E-state index contributed by atoms with van der Waals surface area (Å²) in [6.45, 7) is 5.82. The van der Waals surface area contributed by atoms with Crippen LogP contribution in [0.15, 0.2) is 28.8 Å². The normalized spacial score (nSPS) is 11.2. The Morgan fingerprint density at radius 2 is 1.95 bits per heavy atom. The van der Waals surface area contributed by atoms with E-state index in [1.165, 1.54) is 0 Å². The van der Waals surface area contributed by atoms with Crippen molar-refractivity contribution >= 4 is 23.2 Å². The third kappa shape index (κ3) is 3.72. The van der Waals surface area contributed by atoms with Gasteiger partial charge in [0, 0.05) is 0 Å². The molecule has 0 aliphatic carbocycles. The van der Waals surface area contributed by atoms with Crippen LogP contribution in [0, 0.1) is 5.92 Å². The first-order chi connectivity index (χ1) is 9.08. The maximum atomic E-state index is 6.13. The summed E-state index contributed by atoms with van der Waals surface area (Å²) in [5.74, 6) is 1.82. The molecule has 3 nitrogen and oxygen atoms in total. The highest BCUT2D eigenvalue weighted by atomic mass is 35.5. The Hall–Kier alpha value is -1.03. The van der Waals surface area contributed by atoms with Gasteiger partial charge in [0.1, 0.15) is 0 Å². The molecule has 0 saturated heterocycles. The lowest BCUT2D eigenvalue weighted by Crippen LogP contribution is -2.18. The first-order valence-electron chi connectivity index (χ1n) is 6.17. The molecule has 0 fully saturated rings. The van der Waals surface area contributed by atoms with Crippen LogP contribution in [0.25, 0.3) is 11.3 Å². The maximum absolute atomic E-state index is 6.13. The van der Waals surface area contributed by atoms with Crippen LogP contribution in [0.5, 0.6) is 0 Å². The lowest BCUT2D eigenvalue weighted by Gasteiger charge is -2.05. The molecule has 1 heterocycles. The minimum absolute atomic E-state index is 0.560. The van der Waals surface area contributed by atoms with Crippen LogP contribution in [-0.2, 0) is 6.54 Å². The van der Waals surface area contributed by atoms with Crippen LogP contribution in [-0.4, -0.2) is 11.5 Å². The van der Waals surface area contributed by atoms with Gasteiger partial charge in [0.05, 0.1) is 28.4 Å². The summed E-state index contributed by atoms with van der Waals surface area (Å²) in [6.07, 6.45) is 1.65. The fourth-order valence-electron chi connectivity index (χ4n) is 1.71. The molecule has 0 bridgehead atoms. The molecule has 0 radical (unpaired) electrons. The number of hydrogen-bond donors (Lipinski definition) is 1. The second kappa shape index (κ2) is 6.42. The number of rotatable bonds is 5. The van der Waals surface area contributed by atoms with Crippen LogP contribution < -0.4 is 5.32 Å². The highest BCUT2D eigenvalue weighted by molar-refractivity contribution is 6.39. The van der Waals surface area contributed by atoms with Gasteiger partial charge in [-0.25, -0.2) is 4.98 Å². The van der Waals surface area contributed by atoms with Crippen molar-refractivity contribution in [2.45, 2.75) is 20.4 Å². The van der Waals surface area contributed by atoms with Crippen molar-refractivity contribution < 1.29 is 4.42 Å². The highest BCUT2D eigenvalue weighted by Gasteiger charge is 2.13. The van der Waals surface area contributed by atoms with Gasteiger partial charge in [-0.1, -0.05) is 43.1 Å². The second-order valence-corrected chi connectivity index (χ2v) is 5.55. The first-order valence-corrected chi connectivity index (χ1v) is 6.93. The number of halogens is 2. The van der Waals surface area contributed by atoms with Crippen molar-refractivity contribution in [3.05, 3.63) is 40.3 Å². The summed E-state index contributed by atoms with van der Waals surface area (Å²) in [7, 11) is 0. The summed E-state index contributed by atoms with van der Waals surface area (Å²) in [6, 6.07) is 5.36. The molecule has 0 saturated carbocycles. The van der Waals surface area contributed by atoms with Crippen LogP contribution in [0.2, 0.25) is 10.0 Å². The number of hydrogen-bond acceptors (Lipinski definition) is 3. The van der Waals surface area contributed by atoms with Crippen molar-refractivity contribution in [2.24, 2.45) is 5.92 Å². The van der Waals surface area contributed by atoms with Gasteiger partial charge in [0.15, 0.2) is 5.76 Å². The Kier molecular flexibility index (Phi) is 4.86. The van der Waals surface area contributed by atoms with Crippen LogP contribution in [0.4, 0.5) is 0 Å². The third-order valence-corrected chi connectivity index (χ3v) is 3.22. The number of aromatic nitrogens is 1. The third-order valence-electron chi connectivity index (χ3n) is 2.59. The van der Waals surface area contributed by atoms with E-state index in [0.29, 0.717) is 39.7 Å². The van der Waals surface area contributed by atoms with E-state index in [9.17, 15) is 0 Å². The lowest BCUT2D eigenvalue weighted by atomic mass is 10.2. The molecule has 0 amide bonds. The van der Waals surface area contributed by atoms with Gasteiger partial charge in [-0.05, 0) is 24.6 Å². The predicted molar refractivity (Wildman–Crippen MR) is 78.5 cm³/mol. The van der Waals surface area contributed by atoms with Gasteiger partial charge in [-0.2, -0.15) is 0 Å². The molecule has 0 aliphatic heterocycles. The Balaban J connectivity index is 2.12. The molecule has 1 N–H and O–H groups in total. The smallest absolute Gasteiger partial charge is 0.208 e. The van der Waals surface area contributed by atoms with Crippen LogP contribution in [0.3, 0.4) is 0 Å². The topological polar surface area (TPSA) is 38.1 Å². The fraction of sp³-hybridized carbons (Fsp3) is 0.357. The number of nitrogens with zero attached hydrogens (tertiary/aromatic N) is 1. The van der Waals surface area contributed by atoms with E-state index in [1.54, 1.807) is 24.4 Å². The molecule has 102 valence electrons. The van der Waals surface area contributed by atoms with Crippen molar-refractivity contribution in [2.75, 3.05) is 6.54 Å². The van der Waals surface area contributed by atoms with E-state index in [2.05, 4.69) is 24.1 Å². The van der Waals surface area contributed by atoms with E-state index in [4.69, 9.17) is 27.6 Å². The average molecular weight is 299 g/mol. The summed E-state index contributed by atoms with van der Waals surface area (Å²) in [5.41, 5.74) is 0.688. The minimum atomic E-state index is 0.560. The number of oxazole rings is 1. The van der Waals surface area contributed by atoms with E-state index in [1.807, 2.05) is 0 Å². The Bertz CT molecular complexity index is 532. The SMILES string of the molecule is CC(C)CNCc1ncc(-c2c(Cl)cccc2Cl)o1. The van der Waals surface area contributed by atoms with Crippen molar-refractivity contribution in [1.29, 1.82) is 0 Å². The van der Waals surface area contributed by atoms with Gasteiger partial charge in [0.2, 0.25) is 5.89 Å². The molecule has 2 aromatic rings. The van der Waals surface area contributed by atoms with E-state index >= 15 is 0 Å². The molecular weight excluding hydrogens is 283 g/mol. The van der Waals surface area contributed by atoms with Crippen molar-refractivity contribution in [3.8, 4) is 11.3 Å². The standard InChI is InChI=1S/C14H16Cl2N2O/c1-9(2)6-17-8-13-18-7-12(19-13)14-10(15)4-3-5-11(14)16/h3-5,7,9,17H,6,8H2,1-2H3. The van der Waals surface area contributed by atoms with Gasteiger partial charge in [-0.3, -0.25) is 0 Å². The predicted octanol–water partition coefficient (Wildman–Crippen LogP) is 4.39. The molecule has 2 rings (SSSR count). The quantitative estimate of drug-likeness (QED) is 0.889. The first kappa shape index (κ1) is 14.4. The van der Waals surface area contributed by atoms with Gasteiger partial charge < -0.3 is 9.73 Å². The van der Waals surface area contributed by atoms with Crippen molar-refractivity contribution in [3.63, 3.8) is 0 Å². The molecule has 1 aromatic heterocycles. The largest absolute Gasteiger partial charge is 0.439 e. The summed E-state index contributed by atoms with van der Waals surface area (Å²) in [5, 5.41) is 4.39. The number of benzene rings is 1. The van der Waals surface area contributed by atoms with E-state index < -0.39 is 0 Å².